The number of hydrogen-bond donors (Lipinski definition) is 1. The van der Waals surface area contributed by atoms with E-state index in [1.807, 2.05) is 23.1 Å². The third kappa shape index (κ3) is 1.76. The Kier molecular flexibility index (Phi) is 2.68. The second-order valence-electron chi connectivity index (χ2n) is 4.26. The van der Waals surface area contributed by atoms with Crippen molar-refractivity contribution in [1.29, 1.82) is 0 Å². The van der Waals surface area contributed by atoms with E-state index in [2.05, 4.69) is 27.2 Å². The summed E-state index contributed by atoms with van der Waals surface area (Å²) in [7, 11) is 0. The summed E-state index contributed by atoms with van der Waals surface area (Å²) in [5.41, 5.74) is 1.18. The molecule has 5 nitrogen and oxygen atoms in total. The first kappa shape index (κ1) is 10.5. The predicted molar refractivity (Wildman–Crippen MR) is 68.3 cm³/mol. The molecule has 2 aromatic heterocycles. The first-order valence-corrected chi connectivity index (χ1v) is 6.16. The number of rotatable bonds is 2. The third-order valence-corrected chi connectivity index (χ3v) is 3.27. The first-order chi connectivity index (χ1) is 8.40. The molecule has 0 aliphatic carbocycles. The number of anilines is 1. The fourth-order valence-corrected chi connectivity index (χ4v) is 2.37. The Morgan fingerprint density at radius 3 is 2.94 bits per heavy atom. The van der Waals surface area contributed by atoms with Crippen molar-refractivity contribution in [1.82, 2.24) is 20.1 Å². The molecule has 1 saturated heterocycles. The minimum absolute atomic E-state index is 0.897. The molecule has 0 atom stereocenters. The fraction of sp³-hybridized carbons (Fsp3) is 0.500. The molecule has 2 aromatic rings. The number of piperazine rings is 1. The fourth-order valence-electron chi connectivity index (χ4n) is 2.37. The van der Waals surface area contributed by atoms with Gasteiger partial charge in [0.2, 0.25) is 0 Å². The van der Waals surface area contributed by atoms with Crippen LogP contribution in [0.1, 0.15) is 6.92 Å². The number of fused-ring (bicyclic) bond motifs is 1. The van der Waals surface area contributed by atoms with Gasteiger partial charge in [-0.2, -0.15) is 5.10 Å². The second kappa shape index (κ2) is 4.33. The van der Waals surface area contributed by atoms with Crippen LogP contribution < -0.4 is 10.2 Å². The number of aromatic nitrogens is 3. The Labute approximate surface area is 100 Å². The molecule has 0 unspecified atom stereocenters. The van der Waals surface area contributed by atoms with Crippen LogP contribution in [0.5, 0.6) is 0 Å². The predicted octanol–water partition coefficient (Wildman–Crippen LogP) is 0.861. The SMILES string of the molecule is CCn1ncc2c(N3CCNCC3)nccc21. The van der Waals surface area contributed by atoms with Crippen LogP contribution in [0.15, 0.2) is 18.5 Å². The quantitative estimate of drug-likeness (QED) is 0.832. The van der Waals surface area contributed by atoms with Gasteiger partial charge in [0.25, 0.3) is 0 Å². The third-order valence-electron chi connectivity index (χ3n) is 3.27. The van der Waals surface area contributed by atoms with Crippen molar-refractivity contribution >= 4 is 16.7 Å². The standard InChI is InChI=1S/C12H17N5/c1-2-17-11-3-4-14-12(10(11)9-15-17)16-7-5-13-6-8-16/h3-4,9,13H,2,5-8H2,1H3. The van der Waals surface area contributed by atoms with Gasteiger partial charge in [0.15, 0.2) is 0 Å². The van der Waals surface area contributed by atoms with Crippen molar-refractivity contribution in [3.63, 3.8) is 0 Å². The monoisotopic (exact) mass is 231 g/mol. The van der Waals surface area contributed by atoms with Gasteiger partial charge < -0.3 is 10.2 Å². The van der Waals surface area contributed by atoms with Gasteiger partial charge >= 0.3 is 0 Å². The van der Waals surface area contributed by atoms with Gasteiger partial charge in [-0.05, 0) is 13.0 Å². The first-order valence-electron chi connectivity index (χ1n) is 6.16. The van der Waals surface area contributed by atoms with Gasteiger partial charge in [-0.3, -0.25) is 4.68 Å². The maximum atomic E-state index is 4.52. The molecule has 1 fully saturated rings. The highest BCUT2D eigenvalue weighted by Gasteiger charge is 2.15. The molecule has 0 bridgehead atoms. The molecule has 3 rings (SSSR count). The molecule has 1 aliphatic rings. The Morgan fingerprint density at radius 1 is 1.35 bits per heavy atom. The van der Waals surface area contributed by atoms with Gasteiger partial charge in [-0.15, -0.1) is 0 Å². The molecule has 1 N–H and O–H groups in total. The van der Waals surface area contributed by atoms with E-state index < -0.39 is 0 Å². The van der Waals surface area contributed by atoms with Crippen LogP contribution in [-0.2, 0) is 6.54 Å². The van der Waals surface area contributed by atoms with E-state index in [4.69, 9.17) is 0 Å². The summed E-state index contributed by atoms with van der Waals surface area (Å²) in [6.07, 6.45) is 3.82. The largest absolute Gasteiger partial charge is 0.353 e. The minimum Gasteiger partial charge on any atom is -0.353 e. The maximum absolute atomic E-state index is 4.52. The van der Waals surface area contributed by atoms with E-state index >= 15 is 0 Å². The number of aryl methyl sites for hydroxylation is 1. The lowest BCUT2D eigenvalue weighted by Crippen LogP contribution is -2.43. The lowest BCUT2D eigenvalue weighted by Gasteiger charge is -2.28. The van der Waals surface area contributed by atoms with E-state index in [9.17, 15) is 0 Å². The van der Waals surface area contributed by atoms with Crippen molar-refractivity contribution in [2.24, 2.45) is 0 Å². The highest BCUT2D eigenvalue weighted by Crippen LogP contribution is 2.24. The van der Waals surface area contributed by atoms with Crippen LogP contribution in [0.2, 0.25) is 0 Å². The van der Waals surface area contributed by atoms with Crippen LogP contribution in [-0.4, -0.2) is 40.9 Å². The summed E-state index contributed by atoms with van der Waals surface area (Å²) in [5, 5.41) is 8.93. The van der Waals surface area contributed by atoms with Crippen molar-refractivity contribution in [3.8, 4) is 0 Å². The van der Waals surface area contributed by atoms with Crippen molar-refractivity contribution in [2.75, 3.05) is 31.1 Å². The zero-order valence-electron chi connectivity index (χ0n) is 10.1. The average molecular weight is 231 g/mol. The van der Waals surface area contributed by atoms with Crippen molar-refractivity contribution < 1.29 is 0 Å². The summed E-state index contributed by atoms with van der Waals surface area (Å²) in [5.74, 6) is 1.07. The highest BCUT2D eigenvalue weighted by molar-refractivity contribution is 5.89. The molecule has 0 amide bonds. The number of hydrogen-bond acceptors (Lipinski definition) is 4. The number of pyridine rings is 1. The van der Waals surface area contributed by atoms with E-state index in [1.165, 1.54) is 5.52 Å². The van der Waals surface area contributed by atoms with Gasteiger partial charge in [0.1, 0.15) is 5.82 Å². The Bertz CT molecular complexity index is 513. The normalized spacial score (nSPS) is 16.6. The van der Waals surface area contributed by atoms with Crippen molar-refractivity contribution in [3.05, 3.63) is 18.5 Å². The molecule has 0 saturated carbocycles. The summed E-state index contributed by atoms with van der Waals surface area (Å²) < 4.78 is 2.02. The van der Waals surface area contributed by atoms with E-state index in [0.29, 0.717) is 0 Å². The van der Waals surface area contributed by atoms with E-state index in [-0.39, 0.29) is 0 Å². The van der Waals surface area contributed by atoms with Gasteiger partial charge in [-0.1, -0.05) is 0 Å². The lowest BCUT2D eigenvalue weighted by atomic mass is 10.2. The average Bonchev–Trinajstić information content (AvgIpc) is 2.82. The van der Waals surface area contributed by atoms with Gasteiger partial charge in [0, 0.05) is 38.9 Å². The number of nitrogens with zero attached hydrogens (tertiary/aromatic N) is 4. The maximum Gasteiger partial charge on any atom is 0.139 e. The zero-order chi connectivity index (χ0) is 11.7. The Morgan fingerprint density at radius 2 is 2.18 bits per heavy atom. The molecule has 3 heterocycles. The van der Waals surface area contributed by atoms with E-state index in [1.54, 1.807) is 0 Å². The number of nitrogens with one attached hydrogen (secondary N) is 1. The summed E-state index contributed by atoms with van der Waals surface area (Å²) in [6, 6.07) is 2.04. The molecule has 90 valence electrons. The molecule has 1 aliphatic heterocycles. The Hall–Kier alpha value is -1.62. The van der Waals surface area contributed by atoms with Gasteiger partial charge in [-0.25, -0.2) is 4.98 Å². The molecule has 0 aromatic carbocycles. The molecular formula is C12H17N5. The summed E-state index contributed by atoms with van der Waals surface area (Å²) in [6.45, 7) is 7.10. The highest BCUT2D eigenvalue weighted by atomic mass is 15.3. The molecular weight excluding hydrogens is 214 g/mol. The molecule has 0 radical (unpaired) electrons. The van der Waals surface area contributed by atoms with Crippen LogP contribution in [0.4, 0.5) is 5.82 Å². The molecule has 0 spiro atoms. The molecule has 5 heteroatoms. The van der Waals surface area contributed by atoms with Crippen LogP contribution in [0.25, 0.3) is 10.9 Å². The smallest absolute Gasteiger partial charge is 0.139 e. The Balaban J connectivity index is 2.06. The lowest BCUT2D eigenvalue weighted by molar-refractivity contribution is 0.586. The minimum atomic E-state index is 0.897. The van der Waals surface area contributed by atoms with Crippen LogP contribution in [0.3, 0.4) is 0 Å². The van der Waals surface area contributed by atoms with E-state index in [0.717, 1.165) is 43.9 Å². The second-order valence-corrected chi connectivity index (χ2v) is 4.26. The summed E-state index contributed by atoms with van der Waals surface area (Å²) >= 11 is 0. The summed E-state index contributed by atoms with van der Waals surface area (Å²) in [4.78, 5) is 6.86. The van der Waals surface area contributed by atoms with Gasteiger partial charge in [0.05, 0.1) is 17.1 Å². The topological polar surface area (TPSA) is 46.0 Å². The zero-order valence-corrected chi connectivity index (χ0v) is 10.1. The van der Waals surface area contributed by atoms with Crippen LogP contribution >= 0.6 is 0 Å². The van der Waals surface area contributed by atoms with Crippen LogP contribution in [0, 0.1) is 0 Å². The molecule has 17 heavy (non-hydrogen) atoms. The van der Waals surface area contributed by atoms with Crippen molar-refractivity contribution in [2.45, 2.75) is 13.5 Å².